The predicted molar refractivity (Wildman–Crippen MR) is 99.8 cm³/mol. The molecule has 1 atom stereocenters. The zero-order valence-electron chi connectivity index (χ0n) is 14.0. The van der Waals surface area contributed by atoms with Gasteiger partial charge in [0.1, 0.15) is 0 Å². The fourth-order valence-electron chi connectivity index (χ4n) is 2.70. The lowest BCUT2D eigenvalue weighted by atomic mass is 9.98. The van der Waals surface area contributed by atoms with Gasteiger partial charge >= 0.3 is 5.97 Å². The van der Waals surface area contributed by atoms with E-state index in [0.717, 1.165) is 31.0 Å². The van der Waals surface area contributed by atoms with Crippen molar-refractivity contribution in [3.8, 4) is 0 Å². The Morgan fingerprint density at radius 3 is 2.96 bits per heavy atom. The number of hydrogen-bond donors (Lipinski definition) is 1. The number of aryl methyl sites for hydroxylation is 1. The number of aromatic nitrogens is 2. The minimum absolute atomic E-state index is 0. The molecular formula is C15H26IN5O2. The first-order valence-corrected chi connectivity index (χ1v) is 7.74. The SMILES string of the molecule is CCOC(=O)[C@@H]1CCCN(C(=NC)NCc2ccnn2C)C1.I. The van der Waals surface area contributed by atoms with Crippen molar-refractivity contribution < 1.29 is 9.53 Å². The Hall–Kier alpha value is -1.32. The molecule has 0 aromatic carbocycles. The molecule has 8 heteroatoms. The van der Waals surface area contributed by atoms with Gasteiger partial charge in [0.25, 0.3) is 0 Å². The number of halogens is 1. The second-order valence-corrected chi connectivity index (χ2v) is 5.38. The molecule has 2 rings (SSSR count). The summed E-state index contributed by atoms with van der Waals surface area (Å²) >= 11 is 0. The van der Waals surface area contributed by atoms with Crippen molar-refractivity contribution in [3.63, 3.8) is 0 Å². The highest BCUT2D eigenvalue weighted by atomic mass is 127. The van der Waals surface area contributed by atoms with E-state index in [0.29, 0.717) is 19.7 Å². The van der Waals surface area contributed by atoms with Gasteiger partial charge in [-0.3, -0.25) is 14.5 Å². The van der Waals surface area contributed by atoms with Crippen LogP contribution < -0.4 is 5.32 Å². The highest BCUT2D eigenvalue weighted by Crippen LogP contribution is 2.18. The number of nitrogens with one attached hydrogen (secondary N) is 1. The van der Waals surface area contributed by atoms with E-state index in [1.165, 1.54) is 0 Å². The van der Waals surface area contributed by atoms with Crippen molar-refractivity contribution >= 4 is 35.9 Å². The second-order valence-electron chi connectivity index (χ2n) is 5.38. The Morgan fingerprint density at radius 1 is 1.57 bits per heavy atom. The summed E-state index contributed by atoms with van der Waals surface area (Å²) < 4.78 is 6.97. The van der Waals surface area contributed by atoms with Crippen LogP contribution in [0.5, 0.6) is 0 Å². The normalized spacial score (nSPS) is 18.3. The average molecular weight is 435 g/mol. The van der Waals surface area contributed by atoms with Crippen LogP contribution in [0.1, 0.15) is 25.5 Å². The number of aliphatic imine (C=N–C) groups is 1. The molecule has 0 saturated carbocycles. The van der Waals surface area contributed by atoms with Gasteiger partial charge in [0, 0.05) is 33.4 Å². The lowest BCUT2D eigenvalue weighted by Gasteiger charge is -2.33. The fourth-order valence-corrected chi connectivity index (χ4v) is 2.70. The number of nitrogens with zero attached hydrogens (tertiary/aromatic N) is 4. The molecular weight excluding hydrogens is 409 g/mol. The van der Waals surface area contributed by atoms with E-state index in [9.17, 15) is 4.79 Å². The number of rotatable bonds is 4. The van der Waals surface area contributed by atoms with Crippen molar-refractivity contribution in [3.05, 3.63) is 18.0 Å². The van der Waals surface area contributed by atoms with E-state index in [-0.39, 0.29) is 35.9 Å². The third-order valence-corrected chi connectivity index (χ3v) is 3.90. The third-order valence-electron chi connectivity index (χ3n) is 3.90. The summed E-state index contributed by atoms with van der Waals surface area (Å²) in [5.41, 5.74) is 1.08. The van der Waals surface area contributed by atoms with E-state index < -0.39 is 0 Å². The van der Waals surface area contributed by atoms with Gasteiger partial charge in [0.2, 0.25) is 0 Å². The minimum atomic E-state index is -0.103. The smallest absolute Gasteiger partial charge is 0.310 e. The molecule has 1 saturated heterocycles. The van der Waals surface area contributed by atoms with Crippen molar-refractivity contribution in [2.45, 2.75) is 26.3 Å². The molecule has 1 N–H and O–H groups in total. The summed E-state index contributed by atoms with van der Waals surface area (Å²) in [5, 5.41) is 7.49. The lowest BCUT2D eigenvalue weighted by molar-refractivity contribution is -0.149. The van der Waals surface area contributed by atoms with Gasteiger partial charge in [0.15, 0.2) is 5.96 Å². The van der Waals surface area contributed by atoms with Gasteiger partial charge in [0.05, 0.1) is 24.8 Å². The maximum Gasteiger partial charge on any atom is 0.310 e. The fraction of sp³-hybridized carbons (Fsp3) is 0.667. The van der Waals surface area contributed by atoms with Crippen LogP contribution in [-0.2, 0) is 23.1 Å². The monoisotopic (exact) mass is 435 g/mol. The van der Waals surface area contributed by atoms with Crippen LogP contribution in [0.4, 0.5) is 0 Å². The van der Waals surface area contributed by atoms with E-state index >= 15 is 0 Å². The van der Waals surface area contributed by atoms with E-state index in [2.05, 4.69) is 20.3 Å². The Morgan fingerprint density at radius 2 is 2.35 bits per heavy atom. The highest BCUT2D eigenvalue weighted by Gasteiger charge is 2.28. The number of guanidine groups is 1. The Bertz CT molecular complexity index is 532. The minimum Gasteiger partial charge on any atom is -0.466 e. The number of carbonyl (C=O) groups is 1. The van der Waals surface area contributed by atoms with E-state index in [1.807, 2.05) is 24.7 Å². The molecule has 1 aliphatic heterocycles. The highest BCUT2D eigenvalue weighted by molar-refractivity contribution is 14.0. The van der Waals surface area contributed by atoms with E-state index in [1.54, 1.807) is 13.2 Å². The average Bonchev–Trinajstić information content (AvgIpc) is 2.94. The molecule has 130 valence electrons. The van der Waals surface area contributed by atoms with Gasteiger partial charge in [-0.15, -0.1) is 24.0 Å². The van der Waals surface area contributed by atoms with Crippen molar-refractivity contribution in [1.82, 2.24) is 20.0 Å². The molecule has 0 amide bonds. The molecule has 7 nitrogen and oxygen atoms in total. The summed E-state index contributed by atoms with van der Waals surface area (Å²) in [6.45, 7) is 4.49. The molecule has 23 heavy (non-hydrogen) atoms. The second kappa shape index (κ2) is 9.74. The van der Waals surface area contributed by atoms with Gasteiger partial charge in [-0.05, 0) is 25.8 Å². The molecule has 0 spiro atoms. The largest absolute Gasteiger partial charge is 0.466 e. The number of esters is 1. The Kier molecular flexibility index (Phi) is 8.35. The molecule has 0 unspecified atom stereocenters. The summed E-state index contributed by atoms with van der Waals surface area (Å²) in [6.07, 6.45) is 3.63. The molecule has 0 radical (unpaired) electrons. The lowest BCUT2D eigenvalue weighted by Crippen LogP contribution is -2.48. The van der Waals surface area contributed by atoms with Gasteiger partial charge in [-0.25, -0.2) is 0 Å². The van der Waals surface area contributed by atoms with Crippen LogP contribution in [0.25, 0.3) is 0 Å². The van der Waals surface area contributed by atoms with Crippen molar-refractivity contribution in [2.75, 3.05) is 26.7 Å². The van der Waals surface area contributed by atoms with Gasteiger partial charge in [-0.1, -0.05) is 0 Å². The zero-order valence-corrected chi connectivity index (χ0v) is 16.3. The zero-order chi connectivity index (χ0) is 15.9. The summed E-state index contributed by atoms with van der Waals surface area (Å²) in [4.78, 5) is 18.4. The van der Waals surface area contributed by atoms with Crippen LogP contribution >= 0.6 is 24.0 Å². The van der Waals surface area contributed by atoms with Crippen LogP contribution in [0.3, 0.4) is 0 Å². The number of piperidine rings is 1. The molecule has 2 heterocycles. The first-order chi connectivity index (χ1) is 10.7. The van der Waals surface area contributed by atoms with Crippen LogP contribution in [0, 0.1) is 5.92 Å². The van der Waals surface area contributed by atoms with Gasteiger partial charge in [-0.2, -0.15) is 5.10 Å². The van der Waals surface area contributed by atoms with Gasteiger partial charge < -0.3 is 15.0 Å². The van der Waals surface area contributed by atoms with Crippen molar-refractivity contribution in [1.29, 1.82) is 0 Å². The predicted octanol–water partition coefficient (Wildman–Crippen LogP) is 1.39. The van der Waals surface area contributed by atoms with Crippen molar-refractivity contribution in [2.24, 2.45) is 18.0 Å². The molecule has 1 aliphatic rings. The van der Waals surface area contributed by atoms with Crippen LogP contribution in [0.15, 0.2) is 17.3 Å². The molecule has 1 fully saturated rings. The number of hydrogen-bond acceptors (Lipinski definition) is 4. The first-order valence-electron chi connectivity index (χ1n) is 7.74. The molecule has 0 bridgehead atoms. The number of carbonyl (C=O) groups excluding carboxylic acids is 1. The van der Waals surface area contributed by atoms with Crippen LogP contribution in [-0.4, -0.2) is 53.4 Å². The third kappa shape index (κ3) is 5.36. The van der Waals surface area contributed by atoms with Crippen LogP contribution in [0.2, 0.25) is 0 Å². The quantitative estimate of drug-likeness (QED) is 0.335. The molecule has 1 aromatic rings. The first kappa shape index (κ1) is 19.7. The Labute approximate surface area is 154 Å². The topological polar surface area (TPSA) is 71.8 Å². The maximum atomic E-state index is 11.9. The number of ether oxygens (including phenoxy) is 1. The number of likely N-dealkylation sites (tertiary alicyclic amines) is 1. The summed E-state index contributed by atoms with van der Waals surface area (Å²) in [7, 11) is 3.68. The van der Waals surface area contributed by atoms with E-state index in [4.69, 9.17) is 4.74 Å². The molecule has 0 aliphatic carbocycles. The molecule has 1 aromatic heterocycles. The summed E-state index contributed by atoms with van der Waals surface area (Å²) in [6, 6.07) is 1.97. The Balaban J connectivity index is 0.00000264. The maximum absolute atomic E-state index is 11.9. The summed E-state index contributed by atoms with van der Waals surface area (Å²) in [5.74, 6) is 0.647. The standard InChI is InChI=1S/C15H25N5O2.HI/c1-4-22-14(21)12-6-5-9-20(11-12)15(16-2)17-10-13-7-8-18-19(13)3;/h7-8,12H,4-6,9-11H2,1-3H3,(H,16,17);1H/t12-;/m1./s1.